The number of anilines is 1. The molecule has 0 aliphatic carbocycles. The molecule has 22 heavy (non-hydrogen) atoms. The number of thiocarbonyl (C=S) groups is 1. The number of ether oxygens (including phenoxy) is 1. The van der Waals surface area contributed by atoms with Gasteiger partial charge in [-0.2, -0.15) is 0 Å². The van der Waals surface area contributed by atoms with E-state index in [0.717, 1.165) is 11.4 Å². The zero-order valence-corrected chi connectivity index (χ0v) is 14.1. The summed E-state index contributed by atoms with van der Waals surface area (Å²) < 4.78 is 5.67. The molecule has 1 atom stereocenters. The summed E-state index contributed by atoms with van der Waals surface area (Å²) in [4.78, 5) is 25.3. The SMILES string of the molecule is COc1ccc(NC(=O)CCCN2C(=O)C(C)SC2=S)cc1. The molecule has 2 rings (SSSR count). The normalized spacial score (nSPS) is 17.7. The summed E-state index contributed by atoms with van der Waals surface area (Å²) in [5.41, 5.74) is 0.725. The zero-order chi connectivity index (χ0) is 16.1. The first-order chi connectivity index (χ1) is 10.5. The van der Waals surface area contributed by atoms with Gasteiger partial charge >= 0.3 is 0 Å². The van der Waals surface area contributed by atoms with Crippen LogP contribution >= 0.6 is 24.0 Å². The molecule has 1 unspecified atom stereocenters. The minimum atomic E-state index is -0.111. The Kier molecular flexibility index (Phi) is 5.79. The molecule has 0 saturated carbocycles. The van der Waals surface area contributed by atoms with E-state index in [1.165, 1.54) is 11.8 Å². The van der Waals surface area contributed by atoms with Gasteiger partial charge in [0.1, 0.15) is 10.1 Å². The molecule has 7 heteroatoms. The first kappa shape index (κ1) is 16.8. The topological polar surface area (TPSA) is 58.6 Å². The number of nitrogens with zero attached hydrogens (tertiary/aromatic N) is 1. The number of hydrogen-bond donors (Lipinski definition) is 1. The van der Waals surface area contributed by atoms with Crippen LogP contribution in [0, 0.1) is 0 Å². The minimum Gasteiger partial charge on any atom is -0.497 e. The van der Waals surface area contributed by atoms with E-state index in [4.69, 9.17) is 17.0 Å². The zero-order valence-electron chi connectivity index (χ0n) is 12.5. The Bertz CT molecular complexity index is 575. The van der Waals surface area contributed by atoms with Crippen LogP contribution in [0.25, 0.3) is 0 Å². The second-order valence-corrected chi connectivity index (χ2v) is 6.87. The lowest BCUT2D eigenvalue weighted by Crippen LogP contribution is -2.32. The number of benzene rings is 1. The molecule has 1 aliphatic heterocycles. The Labute approximate surface area is 139 Å². The molecule has 1 aromatic carbocycles. The Morgan fingerprint density at radius 2 is 2.09 bits per heavy atom. The van der Waals surface area contributed by atoms with Crippen LogP contribution in [0.5, 0.6) is 5.75 Å². The molecule has 1 aliphatic rings. The van der Waals surface area contributed by atoms with E-state index < -0.39 is 0 Å². The van der Waals surface area contributed by atoms with Crippen molar-refractivity contribution in [2.75, 3.05) is 19.0 Å². The number of amides is 2. The Morgan fingerprint density at radius 3 is 2.64 bits per heavy atom. The summed E-state index contributed by atoms with van der Waals surface area (Å²) in [6.45, 7) is 2.33. The quantitative estimate of drug-likeness (QED) is 0.808. The molecule has 1 fully saturated rings. The predicted octanol–water partition coefficient (Wildman–Crippen LogP) is 2.66. The van der Waals surface area contributed by atoms with Crippen molar-refractivity contribution in [3.63, 3.8) is 0 Å². The number of thioether (sulfide) groups is 1. The summed E-state index contributed by atoms with van der Waals surface area (Å²) >= 11 is 6.55. The molecule has 2 amide bonds. The van der Waals surface area contributed by atoms with Gasteiger partial charge in [-0.05, 0) is 37.6 Å². The Balaban J connectivity index is 1.76. The van der Waals surface area contributed by atoms with E-state index in [1.807, 2.05) is 6.92 Å². The molecule has 0 spiro atoms. The fourth-order valence-corrected chi connectivity index (χ4v) is 3.53. The van der Waals surface area contributed by atoms with E-state index in [0.29, 0.717) is 23.7 Å². The van der Waals surface area contributed by atoms with Crippen LogP contribution in [0.15, 0.2) is 24.3 Å². The Hall–Kier alpha value is -1.60. The van der Waals surface area contributed by atoms with Crippen LogP contribution in [0.2, 0.25) is 0 Å². The van der Waals surface area contributed by atoms with E-state index in [9.17, 15) is 9.59 Å². The third-order valence-corrected chi connectivity index (χ3v) is 4.76. The van der Waals surface area contributed by atoms with Crippen molar-refractivity contribution < 1.29 is 14.3 Å². The highest BCUT2D eigenvalue weighted by atomic mass is 32.2. The summed E-state index contributed by atoms with van der Waals surface area (Å²) in [7, 11) is 1.59. The van der Waals surface area contributed by atoms with E-state index in [2.05, 4.69) is 5.32 Å². The van der Waals surface area contributed by atoms with Crippen molar-refractivity contribution in [2.24, 2.45) is 0 Å². The van der Waals surface area contributed by atoms with Gasteiger partial charge in [-0.25, -0.2) is 0 Å². The smallest absolute Gasteiger partial charge is 0.241 e. The van der Waals surface area contributed by atoms with E-state index in [-0.39, 0.29) is 17.1 Å². The number of rotatable bonds is 6. The average Bonchev–Trinajstić information content (AvgIpc) is 2.74. The average molecular weight is 338 g/mol. The first-order valence-corrected chi connectivity index (χ1v) is 8.26. The van der Waals surface area contributed by atoms with Crippen LogP contribution in [-0.4, -0.2) is 39.9 Å². The van der Waals surface area contributed by atoms with Gasteiger partial charge in [-0.3, -0.25) is 14.5 Å². The highest BCUT2D eigenvalue weighted by Gasteiger charge is 2.33. The Morgan fingerprint density at radius 1 is 1.41 bits per heavy atom. The minimum absolute atomic E-state index is 0.0329. The number of methoxy groups -OCH3 is 1. The highest BCUT2D eigenvalue weighted by molar-refractivity contribution is 8.24. The maximum absolute atomic E-state index is 11.9. The maximum atomic E-state index is 11.9. The summed E-state index contributed by atoms with van der Waals surface area (Å²) in [6.07, 6.45) is 0.929. The predicted molar refractivity (Wildman–Crippen MR) is 92.2 cm³/mol. The summed E-state index contributed by atoms with van der Waals surface area (Å²) in [5.74, 6) is 0.694. The molecule has 1 N–H and O–H groups in total. The maximum Gasteiger partial charge on any atom is 0.241 e. The van der Waals surface area contributed by atoms with Gasteiger partial charge in [0.2, 0.25) is 11.8 Å². The van der Waals surface area contributed by atoms with Crippen LogP contribution in [0.3, 0.4) is 0 Å². The van der Waals surface area contributed by atoms with Crippen molar-refractivity contribution in [3.8, 4) is 5.75 Å². The van der Waals surface area contributed by atoms with Crippen LogP contribution < -0.4 is 10.1 Å². The number of hydrogen-bond acceptors (Lipinski definition) is 5. The standard InChI is InChI=1S/C15H18N2O3S2/c1-10-14(19)17(15(21)22-10)9-3-4-13(18)16-11-5-7-12(20-2)8-6-11/h5-8,10H,3-4,9H2,1-2H3,(H,16,18). The fraction of sp³-hybridized carbons (Fsp3) is 0.400. The molecule has 0 aromatic heterocycles. The highest BCUT2D eigenvalue weighted by Crippen LogP contribution is 2.26. The van der Waals surface area contributed by atoms with Crippen molar-refractivity contribution in [1.82, 2.24) is 4.90 Å². The number of carbonyl (C=O) groups is 2. The van der Waals surface area contributed by atoms with E-state index in [1.54, 1.807) is 36.3 Å². The molecule has 0 radical (unpaired) electrons. The molecule has 118 valence electrons. The lowest BCUT2D eigenvalue weighted by Gasteiger charge is -2.14. The van der Waals surface area contributed by atoms with Crippen molar-refractivity contribution in [1.29, 1.82) is 0 Å². The third-order valence-electron chi connectivity index (χ3n) is 3.27. The van der Waals surface area contributed by atoms with Crippen LogP contribution in [0.1, 0.15) is 19.8 Å². The largest absolute Gasteiger partial charge is 0.497 e. The number of carbonyl (C=O) groups excluding carboxylic acids is 2. The van der Waals surface area contributed by atoms with Gasteiger partial charge < -0.3 is 10.1 Å². The lowest BCUT2D eigenvalue weighted by atomic mass is 10.2. The summed E-state index contributed by atoms with van der Waals surface area (Å²) in [6, 6.07) is 7.15. The lowest BCUT2D eigenvalue weighted by molar-refractivity contribution is -0.126. The third kappa shape index (κ3) is 4.20. The van der Waals surface area contributed by atoms with Crippen LogP contribution in [0.4, 0.5) is 5.69 Å². The first-order valence-electron chi connectivity index (χ1n) is 6.97. The van der Waals surface area contributed by atoms with E-state index >= 15 is 0 Å². The molecule has 0 bridgehead atoms. The fourth-order valence-electron chi connectivity index (χ4n) is 2.07. The van der Waals surface area contributed by atoms with Crippen molar-refractivity contribution in [3.05, 3.63) is 24.3 Å². The molecule has 1 heterocycles. The second kappa shape index (κ2) is 7.60. The van der Waals surface area contributed by atoms with Crippen LogP contribution in [-0.2, 0) is 9.59 Å². The molecule has 1 saturated heterocycles. The van der Waals surface area contributed by atoms with Crippen molar-refractivity contribution >= 4 is 45.8 Å². The molecular weight excluding hydrogens is 320 g/mol. The van der Waals surface area contributed by atoms with Gasteiger partial charge in [-0.15, -0.1) is 0 Å². The second-order valence-electron chi connectivity index (χ2n) is 4.90. The van der Waals surface area contributed by atoms with Gasteiger partial charge in [0.15, 0.2) is 0 Å². The van der Waals surface area contributed by atoms with Gasteiger partial charge in [0.05, 0.1) is 12.4 Å². The monoisotopic (exact) mass is 338 g/mol. The summed E-state index contributed by atoms with van der Waals surface area (Å²) in [5, 5.41) is 2.70. The van der Waals surface area contributed by atoms with Gasteiger partial charge in [0, 0.05) is 18.7 Å². The molecule has 5 nitrogen and oxygen atoms in total. The molecular formula is C15H18N2O3S2. The van der Waals surface area contributed by atoms with Crippen molar-refractivity contribution in [2.45, 2.75) is 25.0 Å². The number of nitrogens with one attached hydrogen (secondary N) is 1. The van der Waals surface area contributed by atoms with Gasteiger partial charge in [-0.1, -0.05) is 24.0 Å². The molecule has 1 aromatic rings. The van der Waals surface area contributed by atoms with Gasteiger partial charge in [0.25, 0.3) is 0 Å².